The lowest BCUT2D eigenvalue weighted by Gasteiger charge is -2.22. The molecule has 3 nitrogen and oxygen atoms in total. The second kappa shape index (κ2) is 6.03. The minimum Gasteiger partial charge on any atom is -0.440 e. The molecule has 20 heavy (non-hydrogen) atoms. The van der Waals surface area contributed by atoms with Gasteiger partial charge in [0.1, 0.15) is 0 Å². The van der Waals surface area contributed by atoms with Gasteiger partial charge in [0.25, 0.3) is 0 Å². The van der Waals surface area contributed by atoms with Crippen LogP contribution in [0.5, 0.6) is 0 Å². The molecular formula is C13H13BrF3NO2. The van der Waals surface area contributed by atoms with Crippen molar-refractivity contribution in [3.05, 3.63) is 34.3 Å². The van der Waals surface area contributed by atoms with E-state index in [1.807, 2.05) is 24.3 Å². The number of benzene rings is 1. The molecule has 0 unspecified atom stereocenters. The van der Waals surface area contributed by atoms with Crippen molar-refractivity contribution in [1.82, 2.24) is 4.90 Å². The number of halogens is 4. The zero-order valence-corrected chi connectivity index (χ0v) is 12.1. The van der Waals surface area contributed by atoms with Gasteiger partial charge in [-0.3, -0.25) is 0 Å². The first-order valence-corrected chi connectivity index (χ1v) is 6.89. The first kappa shape index (κ1) is 15.2. The van der Waals surface area contributed by atoms with Gasteiger partial charge in [0.05, 0.1) is 6.54 Å². The Morgan fingerprint density at radius 3 is 2.55 bits per heavy atom. The third-order valence-electron chi connectivity index (χ3n) is 2.88. The van der Waals surface area contributed by atoms with Crippen LogP contribution in [0.15, 0.2) is 28.7 Å². The molecule has 1 saturated carbocycles. The Kier molecular flexibility index (Phi) is 4.57. The number of hydrogen-bond donors (Lipinski definition) is 0. The van der Waals surface area contributed by atoms with Crippen LogP contribution in [0, 0.1) is 0 Å². The predicted octanol–water partition coefficient (Wildman–Crippen LogP) is 4.11. The number of rotatable bonds is 4. The van der Waals surface area contributed by atoms with Gasteiger partial charge in [-0.15, -0.1) is 0 Å². The zero-order valence-electron chi connectivity index (χ0n) is 10.5. The lowest BCUT2D eigenvalue weighted by molar-refractivity contribution is -0.162. The third kappa shape index (κ3) is 4.40. The number of carbonyl (C=O) groups excluding carboxylic acids is 1. The largest absolute Gasteiger partial charge is 0.440 e. The summed E-state index contributed by atoms with van der Waals surface area (Å²) in [6.07, 6.45) is -3.82. The fourth-order valence-corrected chi connectivity index (χ4v) is 2.18. The van der Waals surface area contributed by atoms with Crippen LogP contribution in [-0.4, -0.2) is 29.8 Å². The number of amides is 1. The van der Waals surface area contributed by atoms with E-state index in [-0.39, 0.29) is 12.6 Å². The van der Waals surface area contributed by atoms with Crippen LogP contribution >= 0.6 is 15.9 Å². The quantitative estimate of drug-likeness (QED) is 0.816. The lowest BCUT2D eigenvalue weighted by atomic mass is 10.2. The maximum Gasteiger partial charge on any atom is 0.422 e. The molecule has 1 aliphatic carbocycles. The average Bonchev–Trinajstić information content (AvgIpc) is 3.18. The van der Waals surface area contributed by atoms with E-state index in [0.717, 1.165) is 22.9 Å². The van der Waals surface area contributed by atoms with Crippen molar-refractivity contribution < 1.29 is 22.7 Å². The molecule has 2 rings (SSSR count). The summed E-state index contributed by atoms with van der Waals surface area (Å²) >= 11 is 3.36. The van der Waals surface area contributed by atoms with Crippen LogP contribution in [0.2, 0.25) is 0 Å². The van der Waals surface area contributed by atoms with Crippen molar-refractivity contribution in [1.29, 1.82) is 0 Å². The van der Waals surface area contributed by atoms with E-state index in [1.165, 1.54) is 4.90 Å². The highest BCUT2D eigenvalue weighted by Gasteiger charge is 2.36. The van der Waals surface area contributed by atoms with Gasteiger partial charge in [-0.05, 0) is 24.5 Å². The molecule has 0 spiro atoms. The molecule has 1 aromatic rings. The highest BCUT2D eigenvalue weighted by molar-refractivity contribution is 9.10. The van der Waals surface area contributed by atoms with E-state index >= 15 is 0 Å². The Morgan fingerprint density at radius 1 is 1.35 bits per heavy atom. The van der Waals surface area contributed by atoms with Gasteiger partial charge in [0.2, 0.25) is 0 Å². The van der Waals surface area contributed by atoms with Crippen molar-refractivity contribution in [2.45, 2.75) is 31.6 Å². The van der Waals surface area contributed by atoms with Crippen LogP contribution in [0.3, 0.4) is 0 Å². The van der Waals surface area contributed by atoms with Gasteiger partial charge in [-0.2, -0.15) is 13.2 Å². The summed E-state index contributed by atoms with van der Waals surface area (Å²) in [7, 11) is 0. The smallest absolute Gasteiger partial charge is 0.422 e. The van der Waals surface area contributed by atoms with E-state index in [4.69, 9.17) is 0 Å². The SMILES string of the molecule is O=C(OCC(F)(F)F)N(Cc1ccccc1Br)C1CC1. The van der Waals surface area contributed by atoms with Gasteiger partial charge in [0, 0.05) is 10.5 Å². The fraction of sp³-hybridized carbons (Fsp3) is 0.462. The lowest BCUT2D eigenvalue weighted by Crippen LogP contribution is -2.35. The summed E-state index contributed by atoms with van der Waals surface area (Å²) in [6.45, 7) is -1.31. The van der Waals surface area contributed by atoms with Crippen LogP contribution < -0.4 is 0 Å². The van der Waals surface area contributed by atoms with E-state index in [1.54, 1.807) is 0 Å². The molecule has 1 aromatic carbocycles. The number of alkyl halides is 3. The molecule has 0 N–H and O–H groups in total. The minimum absolute atomic E-state index is 0.0251. The predicted molar refractivity (Wildman–Crippen MR) is 70.1 cm³/mol. The summed E-state index contributed by atoms with van der Waals surface area (Å²) in [6, 6.07) is 7.25. The van der Waals surface area contributed by atoms with E-state index in [0.29, 0.717) is 0 Å². The Labute approximate surface area is 122 Å². The van der Waals surface area contributed by atoms with Crippen molar-refractivity contribution in [3.8, 4) is 0 Å². The number of hydrogen-bond acceptors (Lipinski definition) is 2. The fourth-order valence-electron chi connectivity index (χ4n) is 1.77. The van der Waals surface area contributed by atoms with Gasteiger partial charge >= 0.3 is 12.3 Å². The molecule has 110 valence electrons. The average molecular weight is 352 g/mol. The molecule has 1 amide bonds. The van der Waals surface area contributed by atoms with Crippen molar-refractivity contribution in [2.24, 2.45) is 0 Å². The van der Waals surface area contributed by atoms with Crippen LogP contribution in [0.1, 0.15) is 18.4 Å². The van der Waals surface area contributed by atoms with Crippen LogP contribution in [0.4, 0.5) is 18.0 Å². The topological polar surface area (TPSA) is 29.5 Å². The molecule has 7 heteroatoms. The summed E-state index contributed by atoms with van der Waals surface area (Å²) in [5, 5.41) is 0. The molecule has 0 aliphatic heterocycles. The first-order valence-electron chi connectivity index (χ1n) is 6.10. The monoisotopic (exact) mass is 351 g/mol. The van der Waals surface area contributed by atoms with Crippen LogP contribution in [-0.2, 0) is 11.3 Å². The molecule has 1 fully saturated rings. The number of carbonyl (C=O) groups is 1. The Hall–Kier alpha value is -1.24. The van der Waals surface area contributed by atoms with Crippen molar-refractivity contribution in [3.63, 3.8) is 0 Å². The molecule has 0 saturated heterocycles. The maximum atomic E-state index is 12.1. The standard InChI is InChI=1S/C13H13BrF3NO2/c14-11-4-2-1-3-9(11)7-18(10-5-6-10)12(19)20-8-13(15,16)17/h1-4,10H,5-8H2. The molecular weight excluding hydrogens is 339 g/mol. The van der Waals surface area contributed by atoms with E-state index in [2.05, 4.69) is 20.7 Å². The molecule has 0 bridgehead atoms. The molecule has 0 heterocycles. The molecule has 0 radical (unpaired) electrons. The second-order valence-electron chi connectivity index (χ2n) is 4.62. The Bertz CT molecular complexity index is 489. The summed E-state index contributed by atoms with van der Waals surface area (Å²) in [5.41, 5.74) is 0.836. The van der Waals surface area contributed by atoms with Crippen molar-refractivity contribution >= 4 is 22.0 Å². The maximum absolute atomic E-state index is 12.1. The third-order valence-corrected chi connectivity index (χ3v) is 3.65. The number of ether oxygens (including phenoxy) is 1. The Morgan fingerprint density at radius 2 is 2.00 bits per heavy atom. The van der Waals surface area contributed by atoms with E-state index < -0.39 is 18.9 Å². The Balaban J connectivity index is 2.01. The van der Waals surface area contributed by atoms with Crippen LogP contribution in [0.25, 0.3) is 0 Å². The van der Waals surface area contributed by atoms with Gasteiger partial charge < -0.3 is 9.64 Å². The highest BCUT2D eigenvalue weighted by Crippen LogP contribution is 2.30. The van der Waals surface area contributed by atoms with Gasteiger partial charge in [-0.25, -0.2) is 4.79 Å². The van der Waals surface area contributed by atoms with Crippen molar-refractivity contribution in [2.75, 3.05) is 6.61 Å². The summed E-state index contributed by atoms with van der Waals surface area (Å²) in [5.74, 6) is 0. The summed E-state index contributed by atoms with van der Waals surface area (Å²) < 4.78 is 41.4. The summed E-state index contributed by atoms with van der Waals surface area (Å²) in [4.78, 5) is 13.1. The zero-order chi connectivity index (χ0) is 14.8. The van der Waals surface area contributed by atoms with Gasteiger partial charge in [0.15, 0.2) is 6.61 Å². The van der Waals surface area contributed by atoms with E-state index in [9.17, 15) is 18.0 Å². The second-order valence-corrected chi connectivity index (χ2v) is 5.47. The highest BCUT2D eigenvalue weighted by atomic mass is 79.9. The molecule has 1 aliphatic rings. The minimum atomic E-state index is -4.50. The molecule has 0 atom stereocenters. The normalized spacial score (nSPS) is 15.0. The van der Waals surface area contributed by atoms with Gasteiger partial charge in [-0.1, -0.05) is 34.1 Å². The first-order chi connectivity index (χ1) is 9.37. The molecule has 0 aromatic heterocycles. The number of nitrogens with zero attached hydrogens (tertiary/aromatic N) is 1.